The van der Waals surface area contributed by atoms with E-state index >= 15 is 0 Å². The third-order valence-electron chi connectivity index (χ3n) is 2.74. The van der Waals surface area contributed by atoms with Crippen LogP contribution in [0.15, 0.2) is 12.1 Å². The molecular formula is C14H21O2. The zero-order chi connectivity index (χ0) is 12.7. The monoisotopic (exact) mass is 221 g/mol. The fourth-order valence-corrected chi connectivity index (χ4v) is 1.60. The number of phenols is 1. The summed E-state index contributed by atoms with van der Waals surface area (Å²) in [4.78, 5) is 0. The second-order valence-electron chi connectivity index (χ2n) is 6.37. The molecule has 0 aliphatic heterocycles. The molecule has 0 fully saturated rings. The molecule has 0 saturated heterocycles. The van der Waals surface area contributed by atoms with Gasteiger partial charge in [-0.25, -0.2) is 0 Å². The third kappa shape index (κ3) is 2.49. The lowest BCUT2D eigenvalue weighted by atomic mass is 9.80. The number of phenolic OH excluding ortho intramolecular Hbond substituents is 1. The van der Waals surface area contributed by atoms with E-state index < -0.39 is 0 Å². The van der Waals surface area contributed by atoms with E-state index in [1.165, 1.54) is 0 Å². The molecule has 0 unspecified atom stereocenters. The van der Waals surface area contributed by atoms with Crippen molar-refractivity contribution >= 4 is 0 Å². The molecule has 1 rings (SSSR count). The van der Waals surface area contributed by atoms with Crippen molar-refractivity contribution in [2.24, 2.45) is 0 Å². The molecule has 0 amide bonds. The van der Waals surface area contributed by atoms with Gasteiger partial charge in [0.15, 0.2) is 5.75 Å². The highest BCUT2D eigenvalue weighted by Gasteiger charge is 2.25. The predicted octanol–water partition coefficient (Wildman–Crippen LogP) is 4.13. The first-order valence-corrected chi connectivity index (χ1v) is 5.58. The van der Waals surface area contributed by atoms with Crippen molar-refractivity contribution in [3.05, 3.63) is 23.3 Å². The topological polar surface area (TPSA) is 40.1 Å². The first kappa shape index (κ1) is 12.9. The molecule has 1 aromatic carbocycles. The second-order valence-corrected chi connectivity index (χ2v) is 6.37. The Morgan fingerprint density at radius 2 is 1.44 bits per heavy atom. The highest BCUT2D eigenvalue weighted by Crippen LogP contribution is 2.41. The van der Waals surface area contributed by atoms with Crippen molar-refractivity contribution in [2.45, 2.75) is 52.4 Å². The van der Waals surface area contributed by atoms with Gasteiger partial charge >= 0.3 is 0 Å². The lowest BCUT2D eigenvalue weighted by Crippen LogP contribution is -2.16. The van der Waals surface area contributed by atoms with Crippen LogP contribution in [-0.2, 0) is 15.9 Å². The SMILES string of the molecule is CC(C)(C)c1cc(O)c([O])c(C(C)(C)C)c1. The van der Waals surface area contributed by atoms with Crippen molar-refractivity contribution in [1.82, 2.24) is 0 Å². The Bertz CT molecular complexity index is 392. The summed E-state index contributed by atoms with van der Waals surface area (Å²) >= 11 is 0. The Labute approximate surface area is 97.9 Å². The minimum atomic E-state index is -0.250. The van der Waals surface area contributed by atoms with E-state index in [1.807, 2.05) is 26.8 Å². The van der Waals surface area contributed by atoms with Crippen LogP contribution in [0, 0.1) is 0 Å². The van der Waals surface area contributed by atoms with Gasteiger partial charge in [-0.05, 0) is 22.5 Å². The maximum Gasteiger partial charge on any atom is 0.223 e. The van der Waals surface area contributed by atoms with Gasteiger partial charge in [0.2, 0.25) is 5.75 Å². The van der Waals surface area contributed by atoms with Gasteiger partial charge in [-0.1, -0.05) is 47.6 Å². The van der Waals surface area contributed by atoms with Crippen LogP contribution in [0.3, 0.4) is 0 Å². The van der Waals surface area contributed by atoms with E-state index in [-0.39, 0.29) is 22.3 Å². The summed E-state index contributed by atoms with van der Waals surface area (Å²) in [6.07, 6.45) is 0. The van der Waals surface area contributed by atoms with E-state index in [2.05, 4.69) is 20.8 Å². The summed E-state index contributed by atoms with van der Waals surface area (Å²) in [5, 5.41) is 21.5. The van der Waals surface area contributed by atoms with Crippen LogP contribution in [0.5, 0.6) is 11.5 Å². The van der Waals surface area contributed by atoms with E-state index in [0.717, 1.165) is 5.56 Å². The highest BCUT2D eigenvalue weighted by atomic mass is 16.3. The van der Waals surface area contributed by atoms with Crippen LogP contribution in [0.1, 0.15) is 52.7 Å². The molecule has 89 valence electrons. The van der Waals surface area contributed by atoms with Gasteiger partial charge in [0, 0.05) is 5.56 Å². The largest absolute Gasteiger partial charge is 0.504 e. The summed E-state index contributed by atoms with van der Waals surface area (Å²) in [5.74, 6) is -0.391. The van der Waals surface area contributed by atoms with Crippen LogP contribution in [0.4, 0.5) is 0 Å². The van der Waals surface area contributed by atoms with Crippen LogP contribution >= 0.6 is 0 Å². The summed E-state index contributed by atoms with van der Waals surface area (Å²) in [7, 11) is 0. The molecule has 2 nitrogen and oxygen atoms in total. The van der Waals surface area contributed by atoms with E-state index in [0.29, 0.717) is 5.56 Å². The van der Waals surface area contributed by atoms with E-state index in [9.17, 15) is 10.2 Å². The van der Waals surface area contributed by atoms with Crippen molar-refractivity contribution in [3.63, 3.8) is 0 Å². The Hall–Kier alpha value is -1.18. The average Bonchev–Trinajstić information content (AvgIpc) is 2.05. The van der Waals surface area contributed by atoms with Gasteiger partial charge in [-0.15, -0.1) is 0 Å². The van der Waals surface area contributed by atoms with Crippen LogP contribution in [0.2, 0.25) is 0 Å². The molecule has 0 aliphatic carbocycles. The molecule has 2 heteroatoms. The standard InChI is InChI=1S/C14H21O2/c1-13(2,3)9-7-10(14(4,5)6)12(16)11(15)8-9/h7-8,15H,1-6H3. The number of hydrogen-bond donors (Lipinski definition) is 1. The Morgan fingerprint density at radius 1 is 0.938 bits per heavy atom. The summed E-state index contributed by atoms with van der Waals surface area (Å²) in [6, 6.07) is 3.50. The second kappa shape index (κ2) is 3.69. The molecule has 0 heterocycles. The molecule has 0 aliphatic rings. The summed E-state index contributed by atoms with van der Waals surface area (Å²) in [5.41, 5.74) is 1.37. The average molecular weight is 221 g/mol. The van der Waals surface area contributed by atoms with Gasteiger partial charge in [0.1, 0.15) is 0 Å². The minimum absolute atomic E-state index is 0.0643. The van der Waals surface area contributed by atoms with Gasteiger partial charge < -0.3 is 5.11 Å². The van der Waals surface area contributed by atoms with Crippen molar-refractivity contribution < 1.29 is 10.2 Å². The fraction of sp³-hybridized carbons (Fsp3) is 0.571. The van der Waals surface area contributed by atoms with Crippen LogP contribution in [-0.4, -0.2) is 5.11 Å². The number of benzene rings is 1. The Balaban J connectivity index is 3.46. The van der Waals surface area contributed by atoms with Crippen LogP contribution in [0.25, 0.3) is 0 Å². The molecule has 1 aromatic rings. The van der Waals surface area contributed by atoms with Gasteiger partial charge in [0.25, 0.3) is 0 Å². The van der Waals surface area contributed by atoms with Crippen molar-refractivity contribution in [3.8, 4) is 11.5 Å². The third-order valence-corrected chi connectivity index (χ3v) is 2.74. The zero-order valence-corrected chi connectivity index (χ0v) is 11.0. The number of rotatable bonds is 0. The molecule has 0 aromatic heterocycles. The maximum absolute atomic E-state index is 11.8. The van der Waals surface area contributed by atoms with Crippen molar-refractivity contribution in [2.75, 3.05) is 0 Å². The normalized spacial score (nSPS) is 12.9. The predicted molar refractivity (Wildman–Crippen MR) is 65.6 cm³/mol. The molecule has 0 spiro atoms. The molecule has 0 atom stereocenters. The maximum atomic E-state index is 11.8. The molecule has 0 saturated carbocycles. The Kier molecular flexibility index (Phi) is 2.97. The highest BCUT2D eigenvalue weighted by molar-refractivity contribution is 5.51. The van der Waals surface area contributed by atoms with Gasteiger partial charge in [-0.3, -0.25) is 5.11 Å². The smallest absolute Gasteiger partial charge is 0.223 e. The molecule has 1 N–H and O–H groups in total. The van der Waals surface area contributed by atoms with E-state index in [4.69, 9.17) is 0 Å². The lowest BCUT2D eigenvalue weighted by Gasteiger charge is -2.25. The Morgan fingerprint density at radius 3 is 1.81 bits per heavy atom. The minimum Gasteiger partial charge on any atom is -0.504 e. The molecular weight excluding hydrogens is 200 g/mol. The molecule has 16 heavy (non-hydrogen) atoms. The number of hydrogen-bond acceptors (Lipinski definition) is 1. The summed E-state index contributed by atoms with van der Waals surface area (Å²) < 4.78 is 0. The van der Waals surface area contributed by atoms with E-state index in [1.54, 1.807) is 6.07 Å². The molecule has 0 bridgehead atoms. The first-order valence-electron chi connectivity index (χ1n) is 5.58. The quantitative estimate of drug-likeness (QED) is 0.703. The van der Waals surface area contributed by atoms with Gasteiger partial charge in [-0.2, -0.15) is 0 Å². The zero-order valence-electron chi connectivity index (χ0n) is 11.0. The number of aromatic hydroxyl groups is 1. The van der Waals surface area contributed by atoms with Crippen molar-refractivity contribution in [1.29, 1.82) is 0 Å². The van der Waals surface area contributed by atoms with Crippen LogP contribution < -0.4 is 0 Å². The lowest BCUT2D eigenvalue weighted by molar-refractivity contribution is 0.311. The summed E-state index contributed by atoms with van der Waals surface area (Å²) in [6.45, 7) is 12.1. The molecule has 1 radical (unpaired) electrons. The van der Waals surface area contributed by atoms with Gasteiger partial charge in [0.05, 0.1) is 0 Å². The fourth-order valence-electron chi connectivity index (χ4n) is 1.60. The first-order chi connectivity index (χ1) is 7.03.